The van der Waals surface area contributed by atoms with E-state index in [4.69, 9.17) is 11.6 Å². The highest BCUT2D eigenvalue weighted by Crippen LogP contribution is 2.20. The highest BCUT2D eigenvalue weighted by molar-refractivity contribution is 6.30. The molecule has 108 valence electrons. The van der Waals surface area contributed by atoms with Crippen LogP contribution in [0.2, 0.25) is 5.02 Å². The van der Waals surface area contributed by atoms with Gasteiger partial charge in [0.1, 0.15) is 5.82 Å². The van der Waals surface area contributed by atoms with E-state index >= 15 is 0 Å². The van der Waals surface area contributed by atoms with Gasteiger partial charge in [0.25, 0.3) is 0 Å². The Bertz CT molecular complexity index is 519. The van der Waals surface area contributed by atoms with E-state index in [0.29, 0.717) is 0 Å². The lowest BCUT2D eigenvalue weighted by Crippen LogP contribution is -2.25. The van der Waals surface area contributed by atoms with Crippen LogP contribution >= 0.6 is 11.6 Å². The summed E-state index contributed by atoms with van der Waals surface area (Å²) in [5.41, 5.74) is 1.26. The molecule has 0 bridgehead atoms. The second-order valence-corrected chi connectivity index (χ2v) is 5.33. The Morgan fingerprint density at radius 3 is 2.65 bits per heavy atom. The Labute approximate surface area is 126 Å². The van der Waals surface area contributed by atoms with E-state index in [1.807, 2.05) is 24.5 Å². The minimum absolute atomic E-state index is 0.278. The molecular formula is C16H22ClN3. The summed E-state index contributed by atoms with van der Waals surface area (Å²) in [6, 6.07) is 8.36. The van der Waals surface area contributed by atoms with Crippen molar-refractivity contribution in [3.05, 3.63) is 53.1 Å². The number of benzene rings is 1. The summed E-state index contributed by atoms with van der Waals surface area (Å²) in [6.07, 6.45) is 5.92. The molecule has 20 heavy (non-hydrogen) atoms. The molecule has 0 aliphatic heterocycles. The molecule has 3 nitrogen and oxygen atoms in total. The van der Waals surface area contributed by atoms with Crippen molar-refractivity contribution in [2.24, 2.45) is 0 Å². The van der Waals surface area contributed by atoms with Crippen LogP contribution in [0.25, 0.3) is 0 Å². The molecule has 1 unspecified atom stereocenters. The first kappa shape index (κ1) is 15.1. The van der Waals surface area contributed by atoms with Gasteiger partial charge in [0, 0.05) is 36.4 Å². The van der Waals surface area contributed by atoms with Gasteiger partial charge in [-0.1, -0.05) is 30.7 Å². The standard InChI is InChI=1S/C16H22ClN3/c1-3-9-18-15(13-5-7-14(17)8-6-13)12-16-19-10-11-20(16)4-2/h5-8,10-11,15,18H,3-4,9,12H2,1-2H3. The number of aryl methyl sites for hydroxylation is 1. The lowest BCUT2D eigenvalue weighted by atomic mass is 10.0. The summed E-state index contributed by atoms with van der Waals surface area (Å²) in [5, 5.41) is 4.37. The number of rotatable bonds is 7. The Kier molecular flexibility index (Phi) is 5.62. The molecule has 0 spiro atoms. The number of hydrogen-bond acceptors (Lipinski definition) is 2. The third-order valence-corrected chi connectivity index (χ3v) is 3.69. The predicted molar refractivity (Wildman–Crippen MR) is 84.1 cm³/mol. The van der Waals surface area contributed by atoms with Crippen LogP contribution in [0.5, 0.6) is 0 Å². The second-order valence-electron chi connectivity index (χ2n) is 4.89. The van der Waals surface area contributed by atoms with Gasteiger partial charge in [-0.2, -0.15) is 0 Å². The van der Waals surface area contributed by atoms with Crippen molar-refractivity contribution in [3.63, 3.8) is 0 Å². The van der Waals surface area contributed by atoms with E-state index in [9.17, 15) is 0 Å². The molecule has 1 aromatic heterocycles. The quantitative estimate of drug-likeness (QED) is 0.840. The Morgan fingerprint density at radius 2 is 2.00 bits per heavy atom. The molecule has 1 atom stereocenters. The fourth-order valence-electron chi connectivity index (χ4n) is 2.32. The van der Waals surface area contributed by atoms with Gasteiger partial charge >= 0.3 is 0 Å². The normalized spacial score (nSPS) is 12.6. The number of aromatic nitrogens is 2. The molecule has 1 N–H and O–H groups in total. The molecule has 0 radical (unpaired) electrons. The van der Waals surface area contributed by atoms with Crippen LogP contribution in [0.1, 0.15) is 37.7 Å². The van der Waals surface area contributed by atoms with Crippen LogP contribution < -0.4 is 5.32 Å². The zero-order valence-electron chi connectivity index (χ0n) is 12.1. The molecule has 0 aliphatic rings. The maximum Gasteiger partial charge on any atom is 0.110 e. The lowest BCUT2D eigenvalue weighted by Gasteiger charge is -2.19. The van der Waals surface area contributed by atoms with Gasteiger partial charge in [0.2, 0.25) is 0 Å². The third kappa shape index (κ3) is 3.84. The summed E-state index contributed by atoms with van der Waals surface area (Å²) >= 11 is 5.97. The summed E-state index contributed by atoms with van der Waals surface area (Å²) in [7, 11) is 0. The van der Waals surface area contributed by atoms with Crippen LogP contribution in [-0.2, 0) is 13.0 Å². The van der Waals surface area contributed by atoms with Crippen molar-refractivity contribution >= 4 is 11.6 Å². The van der Waals surface area contributed by atoms with Crippen molar-refractivity contribution in [2.45, 2.75) is 39.3 Å². The van der Waals surface area contributed by atoms with Crippen LogP contribution in [-0.4, -0.2) is 16.1 Å². The van der Waals surface area contributed by atoms with Crippen molar-refractivity contribution in [3.8, 4) is 0 Å². The maximum atomic E-state index is 5.97. The average Bonchev–Trinajstić information content (AvgIpc) is 2.91. The SMILES string of the molecule is CCCNC(Cc1nccn1CC)c1ccc(Cl)cc1. The van der Waals surface area contributed by atoms with Crippen LogP contribution in [0.15, 0.2) is 36.7 Å². The summed E-state index contributed by atoms with van der Waals surface area (Å²) < 4.78 is 2.19. The predicted octanol–water partition coefficient (Wildman–Crippen LogP) is 3.84. The second kappa shape index (κ2) is 7.46. The van der Waals surface area contributed by atoms with Crippen molar-refractivity contribution in [1.29, 1.82) is 0 Å². The van der Waals surface area contributed by atoms with E-state index in [-0.39, 0.29) is 6.04 Å². The Balaban J connectivity index is 2.17. The highest BCUT2D eigenvalue weighted by Gasteiger charge is 2.14. The van der Waals surface area contributed by atoms with Crippen LogP contribution in [0.3, 0.4) is 0 Å². The molecule has 0 saturated heterocycles. The average molecular weight is 292 g/mol. The first-order valence-electron chi connectivity index (χ1n) is 7.23. The molecule has 0 aliphatic carbocycles. The fraction of sp³-hybridized carbons (Fsp3) is 0.438. The zero-order valence-corrected chi connectivity index (χ0v) is 12.9. The summed E-state index contributed by atoms with van der Waals surface area (Å²) in [6.45, 7) is 6.28. The molecule has 1 heterocycles. The van der Waals surface area contributed by atoms with Gasteiger partial charge < -0.3 is 9.88 Å². The summed E-state index contributed by atoms with van der Waals surface area (Å²) in [4.78, 5) is 4.47. The van der Waals surface area contributed by atoms with Gasteiger partial charge in [-0.05, 0) is 37.6 Å². The van der Waals surface area contributed by atoms with Crippen molar-refractivity contribution in [1.82, 2.24) is 14.9 Å². The van der Waals surface area contributed by atoms with E-state index in [2.05, 4.69) is 40.8 Å². The van der Waals surface area contributed by atoms with Gasteiger partial charge in [-0.25, -0.2) is 4.98 Å². The van der Waals surface area contributed by atoms with Crippen molar-refractivity contribution in [2.75, 3.05) is 6.54 Å². The molecule has 0 fully saturated rings. The molecule has 0 saturated carbocycles. The van der Waals surface area contributed by atoms with Crippen LogP contribution in [0.4, 0.5) is 0 Å². The minimum atomic E-state index is 0.278. The fourth-order valence-corrected chi connectivity index (χ4v) is 2.45. The Morgan fingerprint density at radius 1 is 1.25 bits per heavy atom. The highest BCUT2D eigenvalue weighted by atomic mass is 35.5. The van der Waals surface area contributed by atoms with Gasteiger partial charge in [-0.15, -0.1) is 0 Å². The molecule has 2 rings (SSSR count). The molecular weight excluding hydrogens is 270 g/mol. The monoisotopic (exact) mass is 291 g/mol. The third-order valence-electron chi connectivity index (χ3n) is 3.44. The Hall–Kier alpha value is -1.32. The topological polar surface area (TPSA) is 29.9 Å². The molecule has 2 aromatic rings. The lowest BCUT2D eigenvalue weighted by molar-refractivity contribution is 0.506. The van der Waals surface area contributed by atoms with E-state index in [1.165, 1.54) is 5.56 Å². The molecule has 0 amide bonds. The number of nitrogens with one attached hydrogen (secondary N) is 1. The van der Waals surface area contributed by atoms with E-state index < -0.39 is 0 Å². The number of imidazole rings is 1. The first-order chi connectivity index (χ1) is 9.74. The number of halogens is 1. The van der Waals surface area contributed by atoms with Gasteiger partial charge in [-0.3, -0.25) is 0 Å². The number of nitrogens with zero attached hydrogens (tertiary/aromatic N) is 2. The molecule has 4 heteroatoms. The summed E-state index contributed by atoms with van der Waals surface area (Å²) in [5.74, 6) is 1.12. The largest absolute Gasteiger partial charge is 0.335 e. The van der Waals surface area contributed by atoms with Gasteiger partial charge in [0.05, 0.1) is 0 Å². The van der Waals surface area contributed by atoms with E-state index in [0.717, 1.165) is 36.8 Å². The first-order valence-corrected chi connectivity index (χ1v) is 7.61. The zero-order chi connectivity index (χ0) is 14.4. The van der Waals surface area contributed by atoms with E-state index in [1.54, 1.807) is 0 Å². The van der Waals surface area contributed by atoms with Gasteiger partial charge in [0.15, 0.2) is 0 Å². The van der Waals surface area contributed by atoms with Crippen LogP contribution in [0, 0.1) is 0 Å². The smallest absolute Gasteiger partial charge is 0.110 e. The van der Waals surface area contributed by atoms with Crippen molar-refractivity contribution < 1.29 is 0 Å². The minimum Gasteiger partial charge on any atom is -0.335 e. The maximum absolute atomic E-state index is 5.97. The number of hydrogen-bond donors (Lipinski definition) is 1. The molecule has 1 aromatic carbocycles.